The first-order valence-electron chi connectivity index (χ1n) is 20.5. The largest absolute Gasteiger partial charge is 0.477 e. The van der Waals surface area contributed by atoms with Crippen LogP contribution in [0.3, 0.4) is 0 Å². The van der Waals surface area contributed by atoms with Crippen molar-refractivity contribution in [2.75, 3.05) is 43.4 Å². The zero-order valence-corrected chi connectivity index (χ0v) is 34.1. The van der Waals surface area contributed by atoms with E-state index >= 15 is 4.39 Å². The molecule has 3 aliphatic rings. The molecule has 2 saturated heterocycles. The number of nitrogens with one attached hydrogen (secondary N) is 4. The summed E-state index contributed by atoms with van der Waals surface area (Å²) in [6.45, 7) is 6.01. The SMILES string of the molecule is Cc1cc2cc(n1)-c1cnn(C)c1OCCC[C@@H](C)Cn1c(nc3ccc(C(=O)N[C@H]4CCN(CCNc5cc(F)c([C@H]6CCC(=O)NC6=O)c(F)c5)C[C@@H]4F)cc31)NC2=O. The maximum Gasteiger partial charge on any atom is 0.258 e. The summed E-state index contributed by atoms with van der Waals surface area (Å²) >= 11 is 0. The van der Waals surface area contributed by atoms with Crippen LogP contribution in [0.25, 0.3) is 22.3 Å². The summed E-state index contributed by atoms with van der Waals surface area (Å²) in [6.07, 6.45) is 2.21. The number of nitrogens with zero attached hydrogens (tertiary/aromatic N) is 6. The number of anilines is 2. The number of benzene rings is 2. The molecule has 0 aliphatic carbocycles. The van der Waals surface area contributed by atoms with Gasteiger partial charge in [0.05, 0.1) is 47.1 Å². The molecule has 61 heavy (non-hydrogen) atoms. The molecule has 2 bridgehead atoms. The molecule has 0 radical (unpaired) electrons. The predicted octanol–water partition coefficient (Wildman–Crippen LogP) is 5.25. The van der Waals surface area contributed by atoms with Crippen LogP contribution < -0.4 is 26.0 Å². The molecule has 0 spiro atoms. The molecule has 18 heteroatoms. The van der Waals surface area contributed by atoms with Crippen molar-refractivity contribution in [2.24, 2.45) is 13.0 Å². The van der Waals surface area contributed by atoms with Gasteiger partial charge in [0.15, 0.2) is 0 Å². The minimum Gasteiger partial charge on any atom is -0.477 e. The van der Waals surface area contributed by atoms with E-state index in [0.717, 1.165) is 25.0 Å². The Balaban J connectivity index is 0.913. The Kier molecular flexibility index (Phi) is 11.8. The lowest BCUT2D eigenvalue weighted by atomic mass is 9.89. The highest BCUT2D eigenvalue weighted by Crippen LogP contribution is 2.33. The third-order valence-corrected chi connectivity index (χ3v) is 11.6. The van der Waals surface area contributed by atoms with Crippen molar-refractivity contribution in [3.05, 3.63) is 82.7 Å². The number of amides is 4. The van der Waals surface area contributed by atoms with Crippen LogP contribution in [0.1, 0.15) is 76.9 Å². The highest BCUT2D eigenvalue weighted by Gasteiger charge is 2.33. The van der Waals surface area contributed by atoms with Crippen LogP contribution in [0.2, 0.25) is 0 Å². The number of hydrogen-bond acceptors (Lipinski definition) is 10. The van der Waals surface area contributed by atoms with E-state index < -0.39 is 47.5 Å². The van der Waals surface area contributed by atoms with Gasteiger partial charge >= 0.3 is 0 Å². The maximum atomic E-state index is 15.6. The van der Waals surface area contributed by atoms with Crippen LogP contribution in [-0.4, -0.2) is 97.8 Å². The molecule has 6 heterocycles. The van der Waals surface area contributed by atoms with Crippen molar-refractivity contribution in [1.82, 2.24) is 39.8 Å². The molecular weight excluding hydrogens is 794 g/mol. The Morgan fingerprint density at radius 2 is 1.80 bits per heavy atom. The quantitative estimate of drug-likeness (QED) is 0.158. The molecule has 4 atom stereocenters. The summed E-state index contributed by atoms with van der Waals surface area (Å²) in [5, 5.41) is 15.3. The maximum absolute atomic E-state index is 15.6. The Bertz CT molecular complexity index is 2500. The average molecular weight is 841 g/mol. The lowest BCUT2D eigenvalue weighted by Crippen LogP contribution is -2.53. The first kappa shape index (κ1) is 41.4. The summed E-state index contributed by atoms with van der Waals surface area (Å²) in [5.74, 6) is -3.85. The van der Waals surface area contributed by atoms with Gasteiger partial charge in [-0.05, 0) is 81.0 Å². The van der Waals surface area contributed by atoms with Crippen LogP contribution in [0, 0.1) is 24.5 Å². The summed E-state index contributed by atoms with van der Waals surface area (Å²) in [6, 6.07) is 9.93. The average Bonchev–Trinajstić information content (AvgIpc) is 3.75. The second kappa shape index (κ2) is 17.4. The fourth-order valence-corrected chi connectivity index (χ4v) is 8.36. The first-order valence-corrected chi connectivity index (χ1v) is 20.5. The number of aryl methyl sites for hydroxylation is 2. The number of ether oxygens (including phenoxy) is 1. The number of carbonyl (C=O) groups is 4. The highest BCUT2D eigenvalue weighted by molar-refractivity contribution is 6.05. The smallest absolute Gasteiger partial charge is 0.258 e. The van der Waals surface area contributed by atoms with E-state index in [9.17, 15) is 28.0 Å². The zero-order valence-electron chi connectivity index (χ0n) is 34.1. The van der Waals surface area contributed by atoms with Crippen molar-refractivity contribution in [3.63, 3.8) is 0 Å². The zero-order chi connectivity index (χ0) is 42.9. The number of pyridine rings is 1. The van der Waals surface area contributed by atoms with E-state index in [-0.39, 0.29) is 49.0 Å². The fraction of sp³-hybridized carbons (Fsp3) is 0.419. The molecule has 2 fully saturated rings. The molecule has 5 aromatic rings. The van der Waals surface area contributed by atoms with Crippen LogP contribution in [0.4, 0.5) is 24.8 Å². The van der Waals surface area contributed by atoms with Gasteiger partial charge in [0, 0.05) is 74.3 Å². The van der Waals surface area contributed by atoms with E-state index in [1.54, 1.807) is 48.3 Å². The molecule has 8 rings (SSSR count). The Morgan fingerprint density at radius 1 is 1.00 bits per heavy atom. The van der Waals surface area contributed by atoms with E-state index in [0.29, 0.717) is 83.6 Å². The van der Waals surface area contributed by atoms with Crippen LogP contribution in [0.5, 0.6) is 5.88 Å². The summed E-state index contributed by atoms with van der Waals surface area (Å²) in [7, 11) is 1.80. The highest BCUT2D eigenvalue weighted by atomic mass is 19.1. The fourth-order valence-electron chi connectivity index (χ4n) is 8.36. The molecular formula is C43H47F3N10O5. The van der Waals surface area contributed by atoms with Gasteiger partial charge in [0.1, 0.15) is 17.8 Å². The standard InChI is InChI=1S/C43H47F3N10O5/c1-23-5-4-14-61-42-29(20-48-54(42)3)35-16-26(15-24(2)49-35)40(59)53-43-51-34-8-6-25(17-36(34)56(43)21-23)39(58)50-33-10-12-55(22-32(33)46)13-11-47-27-18-30(44)38(31(45)19-27)28-7-9-37(57)52-41(28)60/h6,8,15-20,23,28,32-33,47H,4-5,7,9-14,21-22H2,1-3H3,(H,50,58)(H,51,53,59)(H,52,57,60)/t23-,28-,32+,33+/m1/s1. The third-order valence-electron chi connectivity index (χ3n) is 11.6. The summed E-state index contributed by atoms with van der Waals surface area (Å²) in [4.78, 5) is 62.4. The molecule has 0 saturated carbocycles. The number of fused-ring (bicyclic) bond motifs is 7. The molecule has 3 aromatic heterocycles. The van der Waals surface area contributed by atoms with Crippen LogP contribution >= 0.6 is 0 Å². The van der Waals surface area contributed by atoms with Gasteiger partial charge in [0.2, 0.25) is 23.6 Å². The number of imide groups is 1. The second-order valence-corrected chi connectivity index (χ2v) is 16.1. The Hall–Kier alpha value is -6.30. The van der Waals surface area contributed by atoms with Gasteiger partial charge < -0.3 is 19.9 Å². The molecule has 3 aliphatic heterocycles. The number of piperidine rings is 2. The Labute approximate surface area is 349 Å². The van der Waals surface area contributed by atoms with Crippen molar-refractivity contribution in [2.45, 2.75) is 70.6 Å². The first-order chi connectivity index (χ1) is 29.3. The van der Waals surface area contributed by atoms with E-state index in [4.69, 9.17) is 9.72 Å². The number of halogens is 3. The van der Waals surface area contributed by atoms with E-state index in [2.05, 4.69) is 38.3 Å². The summed E-state index contributed by atoms with van der Waals surface area (Å²) in [5.41, 5.74) is 3.60. The number of carbonyl (C=O) groups excluding carboxylic acids is 4. The van der Waals surface area contributed by atoms with Crippen molar-refractivity contribution in [1.29, 1.82) is 0 Å². The lowest BCUT2D eigenvalue weighted by molar-refractivity contribution is -0.134. The minimum absolute atomic E-state index is 0.00272. The van der Waals surface area contributed by atoms with E-state index in [1.165, 1.54) is 0 Å². The van der Waals surface area contributed by atoms with Crippen molar-refractivity contribution >= 4 is 46.3 Å². The predicted molar refractivity (Wildman–Crippen MR) is 220 cm³/mol. The van der Waals surface area contributed by atoms with Crippen LogP contribution in [0.15, 0.2) is 48.7 Å². The Morgan fingerprint density at radius 3 is 2.57 bits per heavy atom. The van der Waals surface area contributed by atoms with Crippen LogP contribution in [-0.2, 0) is 23.2 Å². The molecule has 0 unspecified atom stereocenters. The number of alkyl halides is 1. The van der Waals surface area contributed by atoms with Gasteiger partial charge in [0.25, 0.3) is 11.8 Å². The lowest BCUT2D eigenvalue weighted by Gasteiger charge is -2.35. The van der Waals surface area contributed by atoms with Gasteiger partial charge in [-0.1, -0.05) is 6.92 Å². The van der Waals surface area contributed by atoms with Gasteiger partial charge in [-0.2, -0.15) is 5.10 Å². The van der Waals surface area contributed by atoms with Crippen molar-refractivity contribution < 1.29 is 37.1 Å². The van der Waals surface area contributed by atoms with Gasteiger partial charge in [-0.15, -0.1) is 0 Å². The number of imidazole rings is 1. The number of rotatable bonds is 7. The van der Waals surface area contributed by atoms with Gasteiger partial charge in [-0.25, -0.2) is 22.8 Å². The van der Waals surface area contributed by atoms with Gasteiger partial charge in [-0.3, -0.25) is 39.7 Å². The monoisotopic (exact) mass is 840 g/mol. The number of likely N-dealkylation sites (tertiary alicyclic amines) is 1. The van der Waals surface area contributed by atoms with Crippen molar-refractivity contribution in [3.8, 4) is 17.1 Å². The summed E-state index contributed by atoms with van der Waals surface area (Å²) < 4.78 is 55.3. The molecule has 4 amide bonds. The molecule has 4 N–H and O–H groups in total. The van der Waals surface area contributed by atoms with E-state index in [1.807, 2.05) is 16.4 Å². The number of aromatic nitrogens is 5. The molecule has 15 nitrogen and oxygen atoms in total. The normalized spacial score (nSPS) is 21.3. The third kappa shape index (κ3) is 8.94. The number of hydrogen-bond donors (Lipinski definition) is 4. The molecule has 2 aromatic carbocycles. The topological polar surface area (TPSA) is 177 Å². The molecule has 320 valence electrons. The minimum atomic E-state index is -1.38. The second-order valence-electron chi connectivity index (χ2n) is 16.1.